The van der Waals surface area contributed by atoms with Crippen molar-refractivity contribution < 1.29 is 19.1 Å². The Labute approximate surface area is 210 Å². The molecule has 35 heavy (non-hydrogen) atoms. The van der Waals surface area contributed by atoms with Gasteiger partial charge in [0.15, 0.2) is 5.78 Å². The zero-order valence-electron chi connectivity index (χ0n) is 18.8. The summed E-state index contributed by atoms with van der Waals surface area (Å²) < 4.78 is 6.09. The number of anilines is 1. The summed E-state index contributed by atoms with van der Waals surface area (Å²) >= 11 is 3.41. The minimum absolute atomic E-state index is 0.170. The monoisotopic (exact) mass is 528 g/mol. The van der Waals surface area contributed by atoms with Gasteiger partial charge < -0.3 is 9.64 Å². The molecule has 0 bridgehead atoms. The summed E-state index contributed by atoms with van der Waals surface area (Å²) in [5.74, 6) is -1.62. The maximum Gasteiger partial charge on any atom is 0.240 e. The summed E-state index contributed by atoms with van der Waals surface area (Å²) in [6.45, 7) is 0. The molecule has 174 valence electrons. The van der Waals surface area contributed by atoms with Gasteiger partial charge in [0.2, 0.25) is 11.8 Å². The fourth-order valence-electron chi connectivity index (χ4n) is 5.63. The van der Waals surface area contributed by atoms with E-state index in [0.717, 1.165) is 15.6 Å². The molecule has 6 nitrogen and oxygen atoms in total. The molecule has 3 aromatic carbocycles. The van der Waals surface area contributed by atoms with Crippen molar-refractivity contribution in [2.45, 2.75) is 12.1 Å². The molecule has 3 aliphatic heterocycles. The molecule has 2 amide bonds. The Morgan fingerprint density at radius 1 is 0.886 bits per heavy atom. The highest BCUT2D eigenvalue weighted by Crippen LogP contribution is 2.53. The number of fused-ring (bicyclic) bond motifs is 5. The summed E-state index contributed by atoms with van der Waals surface area (Å²) in [6, 6.07) is 20.6. The van der Waals surface area contributed by atoms with Gasteiger partial charge in [-0.1, -0.05) is 52.3 Å². The van der Waals surface area contributed by atoms with Crippen LogP contribution in [0.1, 0.15) is 27.5 Å². The van der Waals surface area contributed by atoms with Crippen LogP contribution in [0.5, 0.6) is 5.75 Å². The Balaban J connectivity index is 1.47. The number of ether oxygens (including phenoxy) is 1. The molecular formula is C28H21BrN2O4. The molecule has 3 heterocycles. The van der Waals surface area contributed by atoms with Crippen LogP contribution in [0.4, 0.5) is 5.69 Å². The number of imide groups is 1. The van der Waals surface area contributed by atoms with E-state index >= 15 is 0 Å². The molecule has 0 N–H and O–H groups in total. The summed E-state index contributed by atoms with van der Waals surface area (Å²) in [5.41, 5.74) is 2.94. The number of Topliss-reactive ketones (excluding diaryl/α,β-unsaturated/α-hetero) is 1. The van der Waals surface area contributed by atoms with Crippen molar-refractivity contribution in [3.63, 3.8) is 0 Å². The van der Waals surface area contributed by atoms with Crippen LogP contribution in [0.25, 0.3) is 6.08 Å². The second kappa shape index (κ2) is 8.20. The van der Waals surface area contributed by atoms with Crippen molar-refractivity contribution in [1.29, 1.82) is 0 Å². The van der Waals surface area contributed by atoms with E-state index in [0.29, 0.717) is 17.0 Å². The molecule has 3 aromatic rings. The van der Waals surface area contributed by atoms with Gasteiger partial charge in [-0.2, -0.15) is 0 Å². The van der Waals surface area contributed by atoms with E-state index in [2.05, 4.69) is 15.9 Å². The van der Waals surface area contributed by atoms with E-state index < -0.39 is 23.9 Å². The number of ketones is 1. The zero-order valence-corrected chi connectivity index (χ0v) is 20.4. The number of amides is 2. The van der Waals surface area contributed by atoms with Gasteiger partial charge in [-0.15, -0.1) is 0 Å². The lowest BCUT2D eigenvalue weighted by atomic mass is 9.83. The number of halogens is 1. The maximum absolute atomic E-state index is 13.9. The number of nitrogens with zero attached hydrogens (tertiary/aromatic N) is 2. The molecule has 0 unspecified atom stereocenters. The van der Waals surface area contributed by atoms with Crippen LogP contribution in [-0.4, -0.2) is 35.6 Å². The van der Waals surface area contributed by atoms with Gasteiger partial charge in [-0.05, 0) is 53.6 Å². The molecule has 6 rings (SSSR count). The van der Waals surface area contributed by atoms with Gasteiger partial charge in [0, 0.05) is 16.2 Å². The van der Waals surface area contributed by atoms with Crippen LogP contribution in [-0.2, 0) is 9.59 Å². The molecule has 7 heteroatoms. The first-order chi connectivity index (χ1) is 17.0. The average Bonchev–Trinajstić information content (AvgIpc) is 3.36. The topological polar surface area (TPSA) is 66.9 Å². The first kappa shape index (κ1) is 21.8. The van der Waals surface area contributed by atoms with Crippen LogP contribution in [0.15, 0.2) is 83.5 Å². The summed E-state index contributed by atoms with van der Waals surface area (Å²) in [7, 11) is 1.56. The largest absolute Gasteiger partial charge is 0.497 e. The predicted molar refractivity (Wildman–Crippen MR) is 135 cm³/mol. The molecule has 0 aromatic heterocycles. The zero-order chi connectivity index (χ0) is 24.3. The second-order valence-corrected chi connectivity index (χ2v) is 9.83. The minimum Gasteiger partial charge on any atom is -0.497 e. The van der Waals surface area contributed by atoms with Crippen molar-refractivity contribution in [3.8, 4) is 5.75 Å². The van der Waals surface area contributed by atoms with Crippen LogP contribution >= 0.6 is 15.9 Å². The third kappa shape index (κ3) is 3.26. The van der Waals surface area contributed by atoms with E-state index in [1.165, 1.54) is 4.90 Å². The van der Waals surface area contributed by atoms with Gasteiger partial charge >= 0.3 is 0 Å². The number of hydrogen-bond acceptors (Lipinski definition) is 5. The Hall–Kier alpha value is -3.71. The third-order valence-corrected chi connectivity index (χ3v) is 7.72. The lowest BCUT2D eigenvalue weighted by Crippen LogP contribution is -2.44. The van der Waals surface area contributed by atoms with Crippen LogP contribution < -0.4 is 9.64 Å². The molecular weight excluding hydrogens is 508 g/mol. The smallest absolute Gasteiger partial charge is 0.240 e. The van der Waals surface area contributed by atoms with E-state index in [-0.39, 0.29) is 17.6 Å². The van der Waals surface area contributed by atoms with Crippen molar-refractivity contribution in [3.05, 3.63) is 100 Å². The van der Waals surface area contributed by atoms with Crippen molar-refractivity contribution >= 4 is 45.3 Å². The highest BCUT2D eigenvalue weighted by atomic mass is 79.9. The molecule has 2 saturated heterocycles. The number of carbonyl (C=O) groups is 3. The highest BCUT2D eigenvalue weighted by Gasteiger charge is 2.64. The van der Waals surface area contributed by atoms with Gasteiger partial charge in [0.1, 0.15) is 11.8 Å². The van der Waals surface area contributed by atoms with Crippen LogP contribution in [0.2, 0.25) is 0 Å². The van der Waals surface area contributed by atoms with E-state index in [1.807, 2.05) is 53.6 Å². The Morgan fingerprint density at radius 2 is 1.57 bits per heavy atom. The van der Waals surface area contributed by atoms with Crippen molar-refractivity contribution in [1.82, 2.24) is 4.90 Å². The fourth-order valence-corrected chi connectivity index (χ4v) is 5.89. The first-order valence-electron chi connectivity index (χ1n) is 11.4. The predicted octanol–water partition coefficient (Wildman–Crippen LogP) is 4.86. The number of hydrogen-bond donors (Lipinski definition) is 0. The second-order valence-electron chi connectivity index (χ2n) is 8.91. The van der Waals surface area contributed by atoms with E-state index in [9.17, 15) is 14.4 Å². The first-order valence-corrected chi connectivity index (χ1v) is 12.1. The van der Waals surface area contributed by atoms with Gasteiger partial charge in [-0.25, -0.2) is 4.90 Å². The van der Waals surface area contributed by atoms with Crippen molar-refractivity contribution in [2.24, 2.45) is 11.8 Å². The molecule has 0 spiro atoms. The number of carbonyl (C=O) groups excluding carboxylic acids is 3. The van der Waals surface area contributed by atoms with E-state index in [4.69, 9.17) is 4.74 Å². The van der Waals surface area contributed by atoms with E-state index in [1.54, 1.807) is 43.5 Å². The summed E-state index contributed by atoms with van der Waals surface area (Å²) in [6.07, 6.45) is 3.82. The van der Waals surface area contributed by atoms with Crippen LogP contribution in [0.3, 0.4) is 0 Å². The van der Waals surface area contributed by atoms with Crippen LogP contribution in [0, 0.1) is 11.8 Å². The number of rotatable bonds is 4. The minimum atomic E-state index is -0.790. The summed E-state index contributed by atoms with van der Waals surface area (Å²) in [5, 5.41) is 0. The average molecular weight is 529 g/mol. The number of benzene rings is 3. The van der Waals surface area contributed by atoms with Gasteiger partial charge in [0.25, 0.3) is 0 Å². The lowest BCUT2D eigenvalue weighted by molar-refractivity contribution is -0.123. The normalized spacial score (nSPS) is 24.3. The fraction of sp³-hybridized carbons (Fsp3) is 0.179. The molecule has 2 fully saturated rings. The standard InChI is InChI=1S/C28H21BrN2O4/c1-35-20-12-10-19(11-13-20)31-27(33)22-23(28(31)34)25(26(32)17-6-8-18(29)9-7-17)30-15-14-16-4-2-3-5-21(16)24(22)30/h2-15,22-25H,1H3/t22-,23-,24+,25+/m1/s1. The maximum atomic E-state index is 13.9. The van der Waals surface area contributed by atoms with Crippen molar-refractivity contribution in [2.75, 3.05) is 12.0 Å². The number of methoxy groups -OCH3 is 1. The SMILES string of the molecule is COc1ccc(N2C(=O)[C@@H]3[C@@H](C2=O)[C@@H]2c4ccccc4C=CN2[C@@H]3C(=O)c2ccc(Br)cc2)cc1. The quantitative estimate of drug-likeness (QED) is 0.357. The van der Waals surface area contributed by atoms with Gasteiger partial charge in [0.05, 0.1) is 30.7 Å². The molecule has 0 radical (unpaired) electrons. The Kier molecular flexibility index (Phi) is 5.11. The van der Waals surface area contributed by atoms with Gasteiger partial charge in [-0.3, -0.25) is 14.4 Å². The molecule has 4 atom stereocenters. The summed E-state index contributed by atoms with van der Waals surface area (Å²) in [4.78, 5) is 44.8. The molecule has 3 aliphatic rings. The Morgan fingerprint density at radius 3 is 2.29 bits per heavy atom. The lowest BCUT2D eigenvalue weighted by Gasteiger charge is -2.35. The molecule has 0 aliphatic carbocycles. The third-order valence-electron chi connectivity index (χ3n) is 7.19. The Bertz CT molecular complexity index is 1380. The molecule has 0 saturated carbocycles. The highest BCUT2D eigenvalue weighted by molar-refractivity contribution is 9.10.